The van der Waals surface area contributed by atoms with Crippen LogP contribution in [0.15, 0.2) is 0 Å². The minimum atomic E-state index is -0.0439. The van der Waals surface area contributed by atoms with Crippen molar-refractivity contribution in [2.45, 2.75) is 50.7 Å². The van der Waals surface area contributed by atoms with Gasteiger partial charge in [-0.3, -0.25) is 4.79 Å². The first-order valence-corrected chi connectivity index (χ1v) is 6.24. The average Bonchev–Trinajstić information content (AvgIpc) is 2.58. The second-order valence-corrected chi connectivity index (χ2v) is 5.17. The molecule has 0 aromatic heterocycles. The van der Waals surface area contributed by atoms with Gasteiger partial charge in [0.15, 0.2) is 0 Å². The molecule has 0 radical (unpaired) electrons. The van der Waals surface area contributed by atoms with Crippen LogP contribution in [0, 0.1) is 5.92 Å². The van der Waals surface area contributed by atoms with Crippen LogP contribution in [0.1, 0.15) is 32.6 Å². The predicted molar refractivity (Wildman–Crippen MR) is 69.4 cm³/mol. The second kappa shape index (κ2) is 6.57. The maximum absolute atomic E-state index is 11.8. The molecular weight excluding hydrogens is 240 g/mol. The van der Waals surface area contributed by atoms with Crippen molar-refractivity contribution in [3.63, 3.8) is 0 Å². The highest BCUT2D eigenvalue weighted by molar-refractivity contribution is 5.85. The van der Waals surface area contributed by atoms with Crippen molar-refractivity contribution < 1.29 is 9.53 Å². The summed E-state index contributed by atoms with van der Waals surface area (Å²) in [5.41, 5.74) is 0. The predicted octanol–water partition coefficient (Wildman–Crippen LogP) is 1.09. The normalized spacial score (nSPS) is 32.7. The number of halogens is 1. The van der Waals surface area contributed by atoms with E-state index in [1.165, 1.54) is 12.8 Å². The maximum atomic E-state index is 11.8. The lowest BCUT2D eigenvalue weighted by Crippen LogP contribution is -2.49. The Bertz CT molecular complexity index is 251. The van der Waals surface area contributed by atoms with E-state index in [9.17, 15) is 4.79 Å². The lowest BCUT2D eigenvalue weighted by molar-refractivity contribution is -0.126. The molecule has 2 fully saturated rings. The van der Waals surface area contributed by atoms with Crippen LogP contribution in [0.25, 0.3) is 0 Å². The molecule has 3 unspecified atom stereocenters. The fourth-order valence-electron chi connectivity index (χ4n) is 2.84. The Morgan fingerprint density at radius 2 is 2.00 bits per heavy atom. The van der Waals surface area contributed by atoms with E-state index in [1.54, 1.807) is 7.11 Å². The van der Waals surface area contributed by atoms with Crippen molar-refractivity contribution in [2.24, 2.45) is 5.92 Å². The minimum Gasteiger partial charge on any atom is -0.384 e. The summed E-state index contributed by atoms with van der Waals surface area (Å²) in [5, 5.41) is 6.72. The molecule has 2 rings (SSSR count). The molecule has 2 aliphatic rings. The van der Waals surface area contributed by atoms with E-state index in [-0.39, 0.29) is 24.2 Å². The summed E-state index contributed by atoms with van der Waals surface area (Å²) in [5.74, 6) is 0.0886. The van der Waals surface area contributed by atoms with E-state index >= 15 is 0 Å². The van der Waals surface area contributed by atoms with Gasteiger partial charge < -0.3 is 15.4 Å². The number of amides is 1. The van der Waals surface area contributed by atoms with Gasteiger partial charge >= 0.3 is 0 Å². The molecule has 2 saturated heterocycles. The summed E-state index contributed by atoms with van der Waals surface area (Å²) >= 11 is 0. The Hall–Kier alpha value is -0.320. The van der Waals surface area contributed by atoms with Crippen LogP contribution >= 0.6 is 12.4 Å². The van der Waals surface area contributed by atoms with E-state index in [0.717, 1.165) is 12.8 Å². The zero-order chi connectivity index (χ0) is 11.5. The average molecular weight is 263 g/mol. The number of rotatable bonds is 4. The van der Waals surface area contributed by atoms with E-state index in [1.807, 2.05) is 6.92 Å². The van der Waals surface area contributed by atoms with Gasteiger partial charge in [-0.05, 0) is 25.7 Å². The van der Waals surface area contributed by atoms with Crippen LogP contribution in [0.2, 0.25) is 0 Å². The van der Waals surface area contributed by atoms with Gasteiger partial charge in [0.05, 0.1) is 12.5 Å². The highest BCUT2D eigenvalue weighted by Gasteiger charge is 2.34. The molecule has 0 aromatic rings. The van der Waals surface area contributed by atoms with Crippen molar-refractivity contribution in [1.82, 2.24) is 10.6 Å². The molecule has 2 heterocycles. The Labute approximate surface area is 109 Å². The molecule has 0 saturated carbocycles. The molecule has 4 nitrogen and oxygen atoms in total. The Kier molecular flexibility index (Phi) is 5.70. The third kappa shape index (κ3) is 3.83. The summed E-state index contributed by atoms with van der Waals surface area (Å²) in [6, 6.07) is 1.62. The third-order valence-electron chi connectivity index (χ3n) is 3.68. The van der Waals surface area contributed by atoms with Gasteiger partial charge in [-0.25, -0.2) is 0 Å². The lowest BCUT2D eigenvalue weighted by atomic mass is 9.99. The van der Waals surface area contributed by atoms with Crippen LogP contribution in [0.5, 0.6) is 0 Å². The van der Waals surface area contributed by atoms with Crippen molar-refractivity contribution in [3.8, 4) is 0 Å². The summed E-state index contributed by atoms with van der Waals surface area (Å²) in [7, 11) is 1.63. The number of fused-ring (bicyclic) bond motifs is 2. The van der Waals surface area contributed by atoms with Crippen LogP contribution in [-0.2, 0) is 9.53 Å². The number of nitrogens with one attached hydrogen (secondary N) is 2. The van der Waals surface area contributed by atoms with Crippen LogP contribution in [-0.4, -0.2) is 37.7 Å². The molecule has 0 aliphatic carbocycles. The Morgan fingerprint density at radius 1 is 1.41 bits per heavy atom. The van der Waals surface area contributed by atoms with E-state index < -0.39 is 0 Å². The molecule has 5 heteroatoms. The number of carbonyl (C=O) groups excluding carboxylic acids is 1. The van der Waals surface area contributed by atoms with Crippen molar-refractivity contribution >= 4 is 18.3 Å². The van der Waals surface area contributed by atoms with E-state index in [4.69, 9.17) is 4.74 Å². The summed E-state index contributed by atoms with van der Waals surface area (Å²) in [6.07, 6.45) is 4.71. The highest BCUT2D eigenvalue weighted by Crippen LogP contribution is 2.26. The third-order valence-corrected chi connectivity index (χ3v) is 3.68. The number of methoxy groups -OCH3 is 1. The van der Waals surface area contributed by atoms with Gasteiger partial charge in [-0.2, -0.15) is 0 Å². The number of hydrogen-bond donors (Lipinski definition) is 2. The van der Waals surface area contributed by atoms with Crippen LogP contribution in [0.4, 0.5) is 0 Å². The quantitative estimate of drug-likeness (QED) is 0.798. The summed E-state index contributed by atoms with van der Waals surface area (Å²) in [6.45, 7) is 2.41. The zero-order valence-corrected chi connectivity index (χ0v) is 11.4. The first-order valence-electron chi connectivity index (χ1n) is 6.24. The smallest absolute Gasteiger partial charge is 0.225 e. The van der Waals surface area contributed by atoms with Gasteiger partial charge in [-0.15, -0.1) is 12.4 Å². The largest absolute Gasteiger partial charge is 0.384 e. The topological polar surface area (TPSA) is 50.4 Å². The Morgan fingerprint density at radius 3 is 2.53 bits per heavy atom. The molecule has 17 heavy (non-hydrogen) atoms. The van der Waals surface area contributed by atoms with Crippen molar-refractivity contribution in [2.75, 3.05) is 13.7 Å². The zero-order valence-electron chi connectivity index (χ0n) is 10.6. The van der Waals surface area contributed by atoms with Gasteiger partial charge in [0.1, 0.15) is 0 Å². The minimum absolute atomic E-state index is 0. The first-order chi connectivity index (χ1) is 7.69. The molecule has 100 valence electrons. The molecule has 2 bridgehead atoms. The maximum Gasteiger partial charge on any atom is 0.225 e. The van der Waals surface area contributed by atoms with Crippen molar-refractivity contribution in [1.29, 1.82) is 0 Å². The lowest BCUT2D eigenvalue weighted by Gasteiger charge is -2.30. The Balaban J connectivity index is 0.00000144. The fraction of sp³-hybridized carbons (Fsp3) is 0.917. The van der Waals surface area contributed by atoms with Gasteiger partial charge in [0, 0.05) is 25.2 Å². The molecule has 3 atom stereocenters. The number of hydrogen-bond acceptors (Lipinski definition) is 3. The van der Waals surface area contributed by atoms with Gasteiger partial charge in [-0.1, -0.05) is 6.92 Å². The molecule has 2 aliphatic heterocycles. The van der Waals surface area contributed by atoms with Crippen LogP contribution < -0.4 is 10.6 Å². The fourth-order valence-corrected chi connectivity index (χ4v) is 2.84. The highest BCUT2D eigenvalue weighted by atomic mass is 35.5. The molecule has 0 aromatic carbocycles. The second-order valence-electron chi connectivity index (χ2n) is 5.17. The number of piperidine rings is 1. The number of carbonyl (C=O) groups is 1. The first kappa shape index (κ1) is 14.7. The molecule has 1 amide bonds. The standard InChI is InChI=1S/C12H22N2O2.ClH/c1-8(7-16-2)12(15)14-11-5-9-3-4-10(6-11)13-9;/h8-11,13H,3-7H2,1-2H3,(H,14,15);1H. The monoisotopic (exact) mass is 262 g/mol. The summed E-state index contributed by atoms with van der Waals surface area (Å²) < 4.78 is 5.00. The molecule has 0 spiro atoms. The number of ether oxygens (including phenoxy) is 1. The van der Waals surface area contributed by atoms with E-state index in [0.29, 0.717) is 24.7 Å². The van der Waals surface area contributed by atoms with E-state index in [2.05, 4.69) is 10.6 Å². The van der Waals surface area contributed by atoms with Gasteiger partial charge in [0.25, 0.3) is 0 Å². The van der Waals surface area contributed by atoms with Gasteiger partial charge in [0.2, 0.25) is 5.91 Å². The molecular formula is C12H23ClN2O2. The van der Waals surface area contributed by atoms with Crippen molar-refractivity contribution in [3.05, 3.63) is 0 Å². The van der Waals surface area contributed by atoms with Crippen LogP contribution in [0.3, 0.4) is 0 Å². The molecule has 2 N–H and O–H groups in total. The summed E-state index contributed by atoms with van der Waals surface area (Å²) in [4.78, 5) is 11.8. The SMILES string of the molecule is COCC(C)C(=O)NC1CC2CCC(C1)N2.Cl.